The number of hydrogen-bond donors (Lipinski definition) is 3. The second kappa shape index (κ2) is 15.5. The Balaban J connectivity index is 1.10. The highest BCUT2D eigenvalue weighted by Gasteiger charge is 2.62. The van der Waals surface area contributed by atoms with Crippen LogP contribution in [0.5, 0.6) is 5.88 Å². The van der Waals surface area contributed by atoms with Gasteiger partial charge in [-0.25, -0.2) is 23.2 Å². The van der Waals surface area contributed by atoms with E-state index in [1.807, 2.05) is 53.9 Å². The van der Waals surface area contributed by atoms with Gasteiger partial charge in [-0.3, -0.25) is 19.1 Å². The average molecular weight is 791 g/mol. The minimum Gasteiger partial charge on any atom is -0.471 e. The van der Waals surface area contributed by atoms with Gasteiger partial charge >= 0.3 is 6.09 Å². The van der Waals surface area contributed by atoms with Crippen molar-refractivity contribution in [2.45, 2.75) is 119 Å². The van der Waals surface area contributed by atoms with Crippen molar-refractivity contribution in [3.63, 3.8) is 0 Å². The molecule has 3 N–H and O–H groups in total. The van der Waals surface area contributed by atoms with Gasteiger partial charge in [0.25, 0.3) is 5.91 Å². The maximum absolute atomic E-state index is 14.6. The number of amides is 4. The molecule has 3 saturated carbocycles. The van der Waals surface area contributed by atoms with Crippen molar-refractivity contribution in [1.82, 2.24) is 30.2 Å². The summed E-state index contributed by atoms with van der Waals surface area (Å²) in [6, 6.07) is 9.18. The monoisotopic (exact) mass is 790 g/mol. The molecule has 3 aromatic rings. The Hall–Kier alpha value is -4.57. The molecule has 2 aromatic heterocycles. The smallest absolute Gasteiger partial charge is 0.408 e. The van der Waals surface area contributed by atoms with Crippen molar-refractivity contribution in [2.24, 2.45) is 5.92 Å². The van der Waals surface area contributed by atoms with Gasteiger partial charge in [-0.1, -0.05) is 43.2 Å². The van der Waals surface area contributed by atoms with Gasteiger partial charge in [0, 0.05) is 12.3 Å². The second-order valence-corrected chi connectivity index (χ2v) is 18.3. The first-order valence-electron chi connectivity index (χ1n) is 19.4. The van der Waals surface area contributed by atoms with Crippen molar-refractivity contribution >= 4 is 56.2 Å². The molecule has 0 radical (unpaired) electrons. The summed E-state index contributed by atoms with van der Waals surface area (Å²) in [4.78, 5) is 67.9. The molecule has 0 spiro atoms. The molecule has 4 heterocycles. The van der Waals surface area contributed by atoms with Crippen LogP contribution in [-0.2, 0) is 29.1 Å². The lowest BCUT2D eigenvalue weighted by Gasteiger charge is -2.30. The molecule has 1 aromatic carbocycles. The van der Waals surface area contributed by atoms with Gasteiger partial charge in [0.2, 0.25) is 27.7 Å². The molecular weight excluding hydrogens is 745 g/mol. The topological polar surface area (TPSA) is 186 Å². The van der Waals surface area contributed by atoms with Crippen LogP contribution < -0.4 is 20.1 Å². The summed E-state index contributed by atoms with van der Waals surface area (Å²) in [5.74, 6) is -2.02. The molecule has 4 fully saturated rings. The number of nitrogens with zero attached hydrogens (tertiary/aromatic N) is 3. The third kappa shape index (κ3) is 8.20. The average Bonchev–Trinajstić information content (AvgIpc) is 3.90. The Bertz CT molecular complexity index is 2080. The van der Waals surface area contributed by atoms with E-state index in [2.05, 4.69) is 15.4 Å². The normalized spacial score (nSPS) is 28.3. The van der Waals surface area contributed by atoms with E-state index in [-0.39, 0.29) is 31.4 Å². The Morgan fingerprint density at radius 3 is 2.44 bits per heavy atom. The Labute approximate surface area is 323 Å². The Kier molecular flexibility index (Phi) is 10.5. The maximum Gasteiger partial charge on any atom is 0.408 e. The fourth-order valence-electron chi connectivity index (χ4n) is 7.98. The second-order valence-electron chi connectivity index (χ2n) is 15.3. The predicted octanol–water partition coefficient (Wildman–Crippen LogP) is 4.75. The molecule has 1 saturated heterocycles. The van der Waals surface area contributed by atoms with Crippen LogP contribution in [0.15, 0.2) is 53.9 Å². The lowest BCUT2D eigenvalue weighted by Crippen LogP contribution is -2.58. The zero-order valence-electron chi connectivity index (χ0n) is 30.5. The molecule has 8 rings (SSSR count). The molecule has 14 nitrogen and oxygen atoms in total. The van der Waals surface area contributed by atoms with Gasteiger partial charge in [-0.05, 0) is 87.8 Å². The number of carbonyl (C=O) groups is 4. The molecule has 5 atom stereocenters. The molecule has 2 aliphatic heterocycles. The van der Waals surface area contributed by atoms with Crippen molar-refractivity contribution in [3.8, 4) is 16.5 Å². The van der Waals surface area contributed by atoms with Crippen LogP contribution in [0, 0.1) is 5.92 Å². The molecule has 0 bridgehead atoms. The molecule has 1 unspecified atom stereocenters. The fraction of sp³-hybridized carbons (Fsp3) is 0.538. The lowest BCUT2D eigenvalue weighted by molar-refractivity contribution is -0.141. The van der Waals surface area contributed by atoms with E-state index in [4.69, 9.17) is 19.4 Å². The predicted molar refractivity (Wildman–Crippen MR) is 204 cm³/mol. The lowest BCUT2D eigenvalue weighted by atomic mass is 10.0. The minimum absolute atomic E-state index is 0.0102. The summed E-state index contributed by atoms with van der Waals surface area (Å²) in [6.07, 6.45) is 10.2. The molecule has 292 valence electrons. The van der Waals surface area contributed by atoms with Gasteiger partial charge in [0.05, 0.1) is 27.7 Å². The van der Waals surface area contributed by atoms with Crippen LogP contribution >= 0.6 is 11.3 Å². The first kappa shape index (κ1) is 37.4. The largest absolute Gasteiger partial charge is 0.471 e. The number of allylic oxidation sites excluding steroid dienone is 1. The van der Waals surface area contributed by atoms with Crippen molar-refractivity contribution in [3.05, 3.63) is 53.9 Å². The van der Waals surface area contributed by atoms with E-state index in [9.17, 15) is 27.6 Å². The zero-order chi connectivity index (χ0) is 38.2. The van der Waals surface area contributed by atoms with E-state index < -0.39 is 68.7 Å². The van der Waals surface area contributed by atoms with Crippen molar-refractivity contribution < 1.29 is 37.1 Å². The fourth-order valence-corrected chi connectivity index (χ4v) is 10.0. The number of rotatable bonds is 8. The summed E-state index contributed by atoms with van der Waals surface area (Å²) >= 11 is 1.48. The number of fused-ring (bicyclic) bond motifs is 3. The zero-order valence-corrected chi connectivity index (χ0v) is 32.1. The van der Waals surface area contributed by atoms with E-state index in [0.29, 0.717) is 48.8 Å². The Morgan fingerprint density at radius 1 is 0.927 bits per heavy atom. The molecule has 4 amide bonds. The van der Waals surface area contributed by atoms with Crippen LogP contribution in [0.25, 0.3) is 21.6 Å². The van der Waals surface area contributed by atoms with Gasteiger partial charge in [0.1, 0.15) is 35.5 Å². The molecule has 3 aliphatic carbocycles. The molecule has 5 aliphatic rings. The Morgan fingerprint density at radius 2 is 1.69 bits per heavy atom. The summed E-state index contributed by atoms with van der Waals surface area (Å²) in [6.45, 7) is -0.0102. The third-order valence-corrected chi connectivity index (χ3v) is 14.0. The van der Waals surface area contributed by atoms with Crippen LogP contribution in [0.1, 0.15) is 83.5 Å². The third-order valence-electron chi connectivity index (χ3n) is 11.3. The number of ether oxygens (including phenoxy) is 2. The quantitative estimate of drug-likeness (QED) is 0.269. The number of benzene rings is 1. The van der Waals surface area contributed by atoms with Crippen molar-refractivity contribution in [1.29, 1.82) is 0 Å². The van der Waals surface area contributed by atoms with E-state index in [1.165, 1.54) is 16.2 Å². The number of hydrogen-bond acceptors (Lipinski definition) is 11. The van der Waals surface area contributed by atoms with E-state index >= 15 is 0 Å². The molecular formula is C39H46N6O8S2. The number of carbonyl (C=O) groups excluding carboxylic acids is 4. The van der Waals surface area contributed by atoms with Gasteiger partial charge < -0.3 is 25.0 Å². The van der Waals surface area contributed by atoms with Crippen LogP contribution in [-0.4, -0.2) is 88.7 Å². The number of nitrogens with one attached hydrogen (secondary N) is 3. The summed E-state index contributed by atoms with van der Waals surface area (Å²) in [7, 11) is -3.89. The van der Waals surface area contributed by atoms with Crippen LogP contribution in [0.2, 0.25) is 0 Å². The molecule has 16 heteroatoms. The van der Waals surface area contributed by atoms with Crippen molar-refractivity contribution in [2.75, 3.05) is 6.54 Å². The number of aromatic nitrogens is 2. The SMILES string of the molecule is O=C(N[C@@H]1CCCCC/C=C\C2C[C@@]2(C(=O)NS(=O)(=O)C2CC2)NC(=O)[C@@H]2C[C@@H](Oc3nc4ccccc4nc3-c3cccs3)CN2C1=O)OC1CCCC1. The van der Waals surface area contributed by atoms with E-state index in [0.717, 1.165) is 43.4 Å². The van der Waals surface area contributed by atoms with Crippen LogP contribution in [0.4, 0.5) is 4.79 Å². The van der Waals surface area contributed by atoms with E-state index in [1.54, 1.807) is 0 Å². The number of para-hydroxylation sites is 2. The first-order chi connectivity index (χ1) is 26.6. The van der Waals surface area contributed by atoms with Gasteiger partial charge in [-0.15, -0.1) is 11.3 Å². The summed E-state index contributed by atoms with van der Waals surface area (Å²) < 4.78 is 40.2. The minimum atomic E-state index is -3.89. The summed E-state index contributed by atoms with van der Waals surface area (Å²) in [5, 5.41) is 7.03. The first-order valence-corrected chi connectivity index (χ1v) is 21.8. The highest BCUT2D eigenvalue weighted by Crippen LogP contribution is 2.46. The van der Waals surface area contributed by atoms with Gasteiger partial charge in [0.15, 0.2) is 0 Å². The number of thiophene rings is 1. The van der Waals surface area contributed by atoms with Crippen LogP contribution in [0.3, 0.4) is 0 Å². The number of sulfonamides is 1. The highest BCUT2D eigenvalue weighted by atomic mass is 32.2. The maximum atomic E-state index is 14.6. The summed E-state index contributed by atoms with van der Waals surface area (Å²) in [5.41, 5.74) is 0.336. The molecule has 55 heavy (non-hydrogen) atoms. The number of alkyl carbamates (subject to hydrolysis) is 1. The highest BCUT2D eigenvalue weighted by molar-refractivity contribution is 7.91. The van der Waals surface area contributed by atoms with Gasteiger partial charge in [-0.2, -0.15) is 0 Å². The standard InChI is InChI=1S/C39H46N6O8S2/c46-34-31-21-26(52-35-33(32-17-10-20-54-32)40-28-14-8-9-15-29(28)41-35)23-45(31)36(47)30(42-38(49)53-25-12-6-7-13-25)16-5-3-1-2-4-11-24-22-39(24,43-34)37(48)44-55(50,51)27-18-19-27/h4,8-11,14-15,17,20,24-27,30-31H,1-3,5-7,12-13,16,18-19,21-23H2,(H,42,49)(H,43,46)(H,44,48)/b11-4-/t24?,26-,30-,31+,39-/m1/s1.